The van der Waals surface area contributed by atoms with E-state index in [-0.39, 0.29) is 0 Å². The van der Waals surface area contributed by atoms with Crippen LogP contribution in [0, 0.1) is 0 Å². The minimum atomic E-state index is -0.920. The zero-order valence-corrected chi connectivity index (χ0v) is 6.96. The fourth-order valence-corrected chi connectivity index (χ4v) is 1.46. The van der Waals surface area contributed by atoms with Crippen LogP contribution in [-0.2, 0) is 5.60 Å². The number of fused-ring (bicyclic) bond motifs is 1. The lowest BCUT2D eigenvalue weighted by atomic mass is 9.96. The molecule has 0 radical (unpaired) electrons. The third-order valence-corrected chi connectivity index (χ3v) is 2.32. The zero-order valence-electron chi connectivity index (χ0n) is 6.96. The van der Waals surface area contributed by atoms with Gasteiger partial charge in [-0.05, 0) is 13.0 Å². The summed E-state index contributed by atoms with van der Waals surface area (Å²) in [6.07, 6.45) is 0. The normalized spacial score (nSPS) is 26.7. The third-order valence-electron chi connectivity index (χ3n) is 2.32. The van der Waals surface area contributed by atoms with Crippen molar-refractivity contribution in [3.05, 3.63) is 42.1 Å². The largest absolute Gasteiger partial charge is 0.379 e. The highest BCUT2D eigenvalue weighted by molar-refractivity contribution is 5.65. The molecule has 2 N–H and O–H groups in total. The Kier molecular flexibility index (Phi) is 1.30. The molecule has 0 saturated carbocycles. The summed E-state index contributed by atoms with van der Waals surface area (Å²) in [5.41, 5.74) is 1.57. The van der Waals surface area contributed by atoms with E-state index in [4.69, 9.17) is 0 Å². The van der Waals surface area contributed by atoms with Gasteiger partial charge in [-0.3, -0.25) is 0 Å². The van der Waals surface area contributed by atoms with E-state index in [1.54, 1.807) is 6.92 Å². The van der Waals surface area contributed by atoms with Gasteiger partial charge < -0.3 is 10.4 Å². The van der Waals surface area contributed by atoms with Crippen LogP contribution in [0.5, 0.6) is 0 Å². The number of hydrogen-bond donors (Lipinski definition) is 2. The second-order valence-corrected chi connectivity index (χ2v) is 3.22. The zero-order chi connectivity index (χ0) is 8.77. The fourth-order valence-electron chi connectivity index (χ4n) is 1.46. The van der Waals surface area contributed by atoms with Crippen molar-refractivity contribution in [1.29, 1.82) is 0 Å². The topological polar surface area (TPSA) is 32.3 Å². The Morgan fingerprint density at radius 1 is 1.42 bits per heavy atom. The third kappa shape index (κ3) is 0.786. The SMILES string of the molecule is C=C1Nc2ccccc2C1(C)O. The Bertz CT molecular complexity index is 341. The van der Waals surface area contributed by atoms with Crippen LogP contribution >= 0.6 is 0 Å². The summed E-state index contributed by atoms with van der Waals surface area (Å²) < 4.78 is 0. The molecule has 0 aromatic heterocycles. The average molecular weight is 161 g/mol. The fraction of sp³-hybridized carbons (Fsp3) is 0.200. The summed E-state index contributed by atoms with van der Waals surface area (Å²) in [6.45, 7) is 5.50. The molecule has 0 spiro atoms. The lowest BCUT2D eigenvalue weighted by Crippen LogP contribution is -2.20. The summed E-state index contributed by atoms with van der Waals surface area (Å²) in [7, 11) is 0. The van der Waals surface area contributed by atoms with Crippen LogP contribution in [0.1, 0.15) is 12.5 Å². The molecular weight excluding hydrogens is 150 g/mol. The Morgan fingerprint density at radius 2 is 2.08 bits per heavy atom. The molecule has 2 rings (SSSR count). The molecule has 62 valence electrons. The van der Waals surface area contributed by atoms with Crippen LogP contribution in [0.2, 0.25) is 0 Å². The number of aliphatic hydroxyl groups is 1. The van der Waals surface area contributed by atoms with E-state index in [1.807, 2.05) is 24.3 Å². The first-order valence-corrected chi connectivity index (χ1v) is 3.90. The summed E-state index contributed by atoms with van der Waals surface area (Å²) in [5.74, 6) is 0. The number of benzene rings is 1. The van der Waals surface area contributed by atoms with Crippen LogP contribution in [0.4, 0.5) is 5.69 Å². The Balaban J connectivity index is 2.63. The van der Waals surface area contributed by atoms with E-state index in [0.717, 1.165) is 11.3 Å². The number of hydrogen-bond acceptors (Lipinski definition) is 2. The van der Waals surface area contributed by atoms with Crippen molar-refractivity contribution < 1.29 is 5.11 Å². The van der Waals surface area contributed by atoms with Gasteiger partial charge in [0.2, 0.25) is 0 Å². The van der Waals surface area contributed by atoms with Crippen LogP contribution < -0.4 is 5.32 Å². The first kappa shape index (κ1) is 7.37. The second-order valence-electron chi connectivity index (χ2n) is 3.22. The van der Waals surface area contributed by atoms with E-state index in [2.05, 4.69) is 11.9 Å². The number of rotatable bonds is 0. The molecule has 0 saturated heterocycles. The molecular formula is C10H11NO. The highest BCUT2D eigenvalue weighted by Gasteiger charge is 2.34. The van der Waals surface area contributed by atoms with Crippen LogP contribution in [0.3, 0.4) is 0 Å². The Morgan fingerprint density at radius 3 is 2.75 bits per heavy atom. The van der Waals surface area contributed by atoms with Crippen molar-refractivity contribution in [2.45, 2.75) is 12.5 Å². The van der Waals surface area contributed by atoms with E-state index in [9.17, 15) is 5.11 Å². The van der Waals surface area contributed by atoms with Crippen molar-refractivity contribution in [1.82, 2.24) is 0 Å². The predicted molar refractivity (Wildman–Crippen MR) is 48.8 cm³/mol. The lowest BCUT2D eigenvalue weighted by Gasteiger charge is -2.17. The predicted octanol–water partition coefficient (Wildman–Crippen LogP) is 1.83. The van der Waals surface area contributed by atoms with Crippen molar-refractivity contribution in [2.75, 3.05) is 5.32 Å². The standard InChI is InChI=1S/C10H11NO/c1-7-10(2,12)8-5-3-4-6-9(8)11-7/h3-6,11-12H,1H2,2H3. The van der Waals surface area contributed by atoms with Crippen LogP contribution in [-0.4, -0.2) is 5.11 Å². The molecule has 1 atom stereocenters. The first-order valence-electron chi connectivity index (χ1n) is 3.90. The highest BCUT2D eigenvalue weighted by atomic mass is 16.3. The highest BCUT2D eigenvalue weighted by Crippen LogP contribution is 2.39. The molecule has 0 bridgehead atoms. The van der Waals surface area contributed by atoms with Crippen molar-refractivity contribution in [2.24, 2.45) is 0 Å². The number of para-hydroxylation sites is 1. The van der Waals surface area contributed by atoms with Crippen molar-refractivity contribution in [3.8, 4) is 0 Å². The number of anilines is 1. The molecule has 2 heteroatoms. The summed E-state index contributed by atoms with van der Waals surface area (Å²) in [4.78, 5) is 0. The smallest absolute Gasteiger partial charge is 0.128 e. The molecule has 0 aliphatic carbocycles. The van der Waals surface area contributed by atoms with Gasteiger partial charge in [0.25, 0.3) is 0 Å². The lowest BCUT2D eigenvalue weighted by molar-refractivity contribution is 0.106. The van der Waals surface area contributed by atoms with Gasteiger partial charge in [-0.15, -0.1) is 0 Å². The van der Waals surface area contributed by atoms with Crippen LogP contribution in [0.25, 0.3) is 0 Å². The molecule has 1 aromatic carbocycles. The average Bonchev–Trinajstić information content (AvgIpc) is 2.25. The van der Waals surface area contributed by atoms with Gasteiger partial charge in [0.05, 0.1) is 0 Å². The molecule has 0 fully saturated rings. The summed E-state index contributed by atoms with van der Waals surface area (Å²) in [5, 5.41) is 13.0. The monoisotopic (exact) mass is 161 g/mol. The van der Waals surface area contributed by atoms with E-state index >= 15 is 0 Å². The molecule has 0 amide bonds. The van der Waals surface area contributed by atoms with Crippen molar-refractivity contribution >= 4 is 5.69 Å². The maximum absolute atomic E-state index is 9.95. The quantitative estimate of drug-likeness (QED) is 0.608. The van der Waals surface area contributed by atoms with Gasteiger partial charge in [0.1, 0.15) is 5.60 Å². The maximum Gasteiger partial charge on any atom is 0.128 e. The maximum atomic E-state index is 9.95. The van der Waals surface area contributed by atoms with Crippen LogP contribution in [0.15, 0.2) is 36.5 Å². The van der Waals surface area contributed by atoms with E-state index < -0.39 is 5.60 Å². The second kappa shape index (κ2) is 2.11. The first-order chi connectivity index (χ1) is 5.62. The van der Waals surface area contributed by atoms with Gasteiger partial charge in [-0.2, -0.15) is 0 Å². The molecule has 2 nitrogen and oxygen atoms in total. The Labute approximate surface area is 71.5 Å². The minimum Gasteiger partial charge on any atom is -0.379 e. The van der Waals surface area contributed by atoms with Gasteiger partial charge in [0, 0.05) is 16.9 Å². The van der Waals surface area contributed by atoms with E-state index in [0.29, 0.717) is 5.70 Å². The number of nitrogens with one attached hydrogen (secondary N) is 1. The molecule has 1 heterocycles. The van der Waals surface area contributed by atoms with Gasteiger partial charge in [0.15, 0.2) is 0 Å². The molecule has 1 aliphatic heterocycles. The summed E-state index contributed by atoms with van der Waals surface area (Å²) in [6, 6.07) is 7.68. The van der Waals surface area contributed by atoms with E-state index in [1.165, 1.54) is 0 Å². The Hall–Kier alpha value is -1.28. The molecule has 12 heavy (non-hydrogen) atoms. The molecule has 1 unspecified atom stereocenters. The van der Waals surface area contributed by atoms with Crippen molar-refractivity contribution in [3.63, 3.8) is 0 Å². The summed E-state index contributed by atoms with van der Waals surface area (Å²) >= 11 is 0. The minimum absolute atomic E-state index is 0.642. The van der Waals surface area contributed by atoms with Gasteiger partial charge in [-0.1, -0.05) is 24.8 Å². The molecule has 1 aliphatic rings. The molecule has 1 aromatic rings. The van der Waals surface area contributed by atoms with Gasteiger partial charge >= 0.3 is 0 Å². The van der Waals surface area contributed by atoms with Gasteiger partial charge in [-0.25, -0.2) is 0 Å².